The Bertz CT molecular complexity index is 951. The summed E-state index contributed by atoms with van der Waals surface area (Å²) in [6, 6.07) is 20.1. The molecule has 0 saturated carbocycles. The maximum Gasteiger partial charge on any atom is 0.272 e. The van der Waals surface area contributed by atoms with Gasteiger partial charge in [0, 0.05) is 30.7 Å². The number of fused-ring (bicyclic) bond motifs is 1. The molecule has 4 nitrogen and oxygen atoms in total. The first-order valence-corrected chi connectivity index (χ1v) is 8.85. The molecular formula is C22H21N3O. The zero-order chi connectivity index (χ0) is 17.9. The average molecular weight is 343 g/mol. The highest BCUT2D eigenvalue weighted by atomic mass is 16.2. The Kier molecular flexibility index (Phi) is 4.40. The summed E-state index contributed by atoms with van der Waals surface area (Å²) in [6.07, 6.45) is 2.58. The number of aromatic nitrogens is 1. The summed E-state index contributed by atoms with van der Waals surface area (Å²) in [6.45, 7) is 3.43. The van der Waals surface area contributed by atoms with Gasteiger partial charge in [-0.2, -0.15) is 0 Å². The van der Waals surface area contributed by atoms with Crippen LogP contribution >= 0.6 is 0 Å². The number of nitrogens with one attached hydrogen (secondary N) is 1. The minimum atomic E-state index is -0.0204. The van der Waals surface area contributed by atoms with Gasteiger partial charge in [-0.25, -0.2) is 0 Å². The number of hydrogen-bond donors (Lipinski definition) is 1. The van der Waals surface area contributed by atoms with Crippen molar-refractivity contribution >= 4 is 17.3 Å². The standard InChI is InChI=1S/C22H21N3O/c1-16-6-2-5-9-20(16)24-19-10-12-23-21(14-19)22(26)25-13-11-17-7-3-4-8-18(17)15-25/h2-10,12,14H,11,13,15H2,1H3,(H,23,24). The Balaban J connectivity index is 1.53. The number of anilines is 2. The van der Waals surface area contributed by atoms with Gasteiger partial charge in [0.15, 0.2) is 0 Å². The molecule has 0 spiro atoms. The van der Waals surface area contributed by atoms with E-state index in [0.29, 0.717) is 12.2 Å². The molecular weight excluding hydrogens is 322 g/mol. The van der Waals surface area contributed by atoms with Crippen molar-refractivity contribution in [2.24, 2.45) is 0 Å². The summed E-state index contributed by atoms with van der Waals surface area (Å²) in [5.74, 6) is -0.0204. The average Bonchev–Trinajstić information content (AvgIpc) is 2.69. The molecule has 1 aliphatic heterocycles. The summed E-state index contributed by atoms with van der Waals surface area (Å²) in [7, 11) is 0. The second-order valence-electron chi connectivity index (χ2n) is 6.62. The van der Waals surface area contributed by atoms with Crippen molar-refractivity contribution < 1.29 is 4.79 Å². The number of pyridine rings is 1. The first-order chi connectivity index (χ1) is 12.7. The molecule has 0 saturated heterocycles. The van der Waals surface area contributed by atoms with E-state index in [9.17, 15) is 4.79 Å². The van der Waals surface area contributed by atoms with Gasteiger partial charge in [-0.15, -0.1) is 0 Å². The van der Waals surface area contributed by atoms with E-state index in [1.54, 1.807) is 6.20 Å². The monoisotopic (exact) mass is 343 g/mol. The smallest absolute Gasteiger partial charge is 0.272 e. The molecule has 0 aliphatic carbocycles. The summed E-state index contributed by atoms with van der Waals surface area (Å²) in [4.78, 5) is 19.1. The number of hydrogen-bond acceptors (Lipinski definition) is 3. The van der Waals surface area contributed by atoms with Crippen LogP contribution in [0.4, 0.5) is 11.4 Å². The molecule has 4 rings (SSSR count). The number of carbonyl (C=O) groups excluding carboxylic acids is 1. The van der Waals surface area contributed by atoms with Gasteiger partial charge >= 0.3 is 0 Å². The van der Waals surface area contributed by atoms with Crippen molar-refractivity contribution in [2.75, 3.05) is 11.9 Å². The van der Waals surface area contributed by atoms with Crippen LogP contribution in [0.1, 0.15) is 27.2 Å². The third-order valence-electron chi connectivity index (χ3n) is 4.82. The van der Waals surface area contributed by atoms with Crippen molar-refractivity contribution in [3.05, 3.63) is 89.2 Å². The molecule has 2 heterocycles. The van der Waals surface area contributed by atoms with E-state index < -0.39 is 0 Å². The molecule has 0 radical (unpaired) electrons. The third kappa shape index (κ3) is 3.31. The molecule has 0 atom stereocenters. The highest BCUT2D eigenvalue weighted by molar-refractivity contribution is 5.93. The van der Waals surface area contributed by atoms with Gasteiger partial charge in [0.05, 0.1) is 0 Å². The second-order valence-corrected chi connectivity index (χ2v) is 6.62. The van der Waals surface area contributed by atoms with E-state index in [4.69, 9.17) is 0 Å². The molecule has 1 amide bonds. The van der Waals surface area contributed by atoms with Gasteiger partial charge in [-0.1, -0.05) is 42.5 Å². The van der Waals surface area contributed by atoms with Crippen LogP contribution in [0, 0.1) is 6.92 Å². The van der Waals surface area contributed by atoms with Crippen LogP contribution in [0.3, 0.4) is 0 Å². The van der Waals surface area contributed by atoms with Gasteiger partial charge in [0.25, 0.3) is 5.91 Å². The van der Waals surface area contributed by atoms with E-state index >= 15 is 0 Å². The lowest BCUT2D eigenvalue weighted by Gasteiger charge is -2.28. The normalized spacial score (nSPS) is 13.2. The lowest BCUT2D eigenvalue weighted by atomic mass is 10.00. The first-order valence-electron chi connectivity index (χ1n) is 8.85. The van der Waals surface area contributed by atoms with Gasteiger partial charge in [0.2, 0.25) is 0 Å². The molecule has 26 heavy (non-hydrogen) atoms. The van der Waals surface area contributed by atoms with E-state index in [-0.39, 0.29) is 5.91 Å². The van der Waals surface area contributed by atoms with E-state index in [2.05, 4.69) is 41.5 Å². The van der Waals surface area contributed by atoms with Crippen molar-refractivity contribution in [3.8, 4) is 0 Å². The van der Waals surface area contributed by atoms with Crippen molar-refractivity contribution in [1.29, 1.82) is 0 Å². The van der Waals surface area contributed by atoms with Crippen LogP contribution in [-0.4, -0.2) is 22.3 Å². The molecule has 1 aliphatic rings. The molecule has 1 aromatic heterocycles. The summed E-state index contributed by atoms with van der Waals surface area (Å²) < 4.78 is 0. The number of benzene rings is 2. The maximum atomic E-state index is 12.9. The second kappa shape index (κ2) is 7.00. The highest BCUT2D eigenvalue weighted by Gasteiger charge is 2.22. The highest BCUT2D eigenvalue weighted by Crippen LogP contribution is 2.23. The largest absolute Gasteiger partial charge is 0.355 e. The fraction of sp³-hybridized carbons (Fsp3) is 0.182. The molecule has 0 fully saturated rings. The fourth-order valence-corrected chi connectivity index (χ4v) is 3.32. The van der Waals surface area contributed by atoms with E-state index in [1.165, 1.54) is 11.1 Å². The fourth-order valence-electron chi connectivity index (χ4n) is 3.32. The van der Waals surface area contributed by atoms with Gasteiger partial charge < -0.3 is 10.2 Å². The van der Waals surface area contributed by atoms with Crippen LogP contribution in [0.5, 0.6) is 0 Å². The van der Waals surface area contributed by atoms with Crippen molar-refractivity contribution in [1.82, 2.24) is 9.88 Å². The Morgan fingerprint density at radius 1 is 1.04 bits per heavy atom. The summed E-state index contributed by atoms with van der Waals surface area (Å²) in [5.41, 5.74) is 6.09. The van der Waals surface area contributed by atoms with Gasteiger partial charge in [-0.3, -0.25) is 9.78 Å². The Morgan fingerprint density at radius 3 is 2.65 bits per heavy atom. The Labute approximate surface area is 153 Å². The summed E-state index contributed by atoms with van der Waals surface area (Å²) in [5, 5.41) is 3.38. The molecule has 0 bridgehead atoms. The first kappa shape index (κ1) is 16.3. The molecule has 130 valence electrons. The van der Waals surface area contributed by atoms with Crippen LogP contribution in [0.2, 0.25) is 0 Å². The number of carbonyl (C=O) groups is 1. The van der Waals surface area contributed by atoms with Crippen LogP contribution in [0.25, 0.3) is 0 Å². The molecule has 4 heteroatoms. The third-order valence-corrected chi connectivity index (χ3v) is 4.82. The van der Waals surface area contributed by atoms with Crippen LogP contribution in [-0.2, 0) is 13.0 Å². The zero-order valence-corrected chi connectivity index (χ0v) is 14.8. The van der Waals surface area contributed by atoms with Crippen molar-refractivity contribution in [2.45, 2.75) is 19.9 Å². The number of para-hydroxylation sites is 1. The summed E-state index contributed by atoms with van der Waals surface area (Å²) >= 11 is 0. The quantitative estimate of drug-likeness (QED) is 0.770. The number of rotatable bonds is 3. The van der Waals surface area contributed by atoms with Crippen LogP contribution < -0.4 is 5.32 Å². The topological polar surface area (TPSA) is 45.2 Å². The molecule has 2 aromatic carbocycles. The SMILES string of the molecule is Cc1ccccc1Nc1ccnc(C(=O)N2CCc3ccccc3C2)c1. The van der Waals surface area contributed by atoms with Crippen molar-refractivity contribution in [3.63, 3.8) is 0 Å². The Hall–Kier alpha value is -3.14. The predicted octanol–water partition coefficient (Wildman–Crippen LogP) is 4.33. The maximum absolute atomic E-state index is 12.9. The Morgan fingerprint density at radius 2 is 1.81 bits per heavy atom. The lowest BCUT2D eigenvalue weighted by molar-refractivity contribution is 0.0729. The van der Waals surface area contributed by atoms with Gasteiger partial charge in [0.1, 0.15) is 5.69 Å². The van der Waals surface area contributed by atoms with E-state index in [0.717, 1.165) is 29.9 Å². The van der Waals surface area contributed by atoms with Crippen LogP contribution in [0.15, 0.2) is 66.9 Å². The molecule has 1 N–H and O–H groups in total. The molecule has 0 unspecified atom stereocenters. The predicted molar refractivity (Wildman–Crippen MR) is 104 cm³/mol. The lowest BCUT2D eigenvalue weighted by Crippen LogP contribution is -2.36. The zero-order valence-electron chi connectivity index (χ0n) is 14.8. The van der Waals surface area contributed by atoms with Gasteiger partial charge in [-0.05, 0) is 48.2 Å². The number of amides is 1. The van der Waals surface area contributed by atoms with E-state index in [1.807, 2.05) is 41.3 Å². The minimum Gasteiger partial charge on any atom is -0.355 e. The number of aryl methyl sites for hydroxylation is 1. The minimum absolute atomic E-state index is 0.0204. The molecule has 3 aromatic rings. The number of nitrogens with zero attached hydrogens (tertiary/aromatic N) is 2.